The molecule has 7 nitrogen and oxygen atoms in total. The second-order valence-corrected chi connectivity index (χ2v) is 7.00. The van der Waals surface area contributed by atoms with Crippen LogP contribution in [-0.4, -0.2) is 48.2 Å². The van der Waals surface area contributed by atoms with Crippen molar-refractivity contribution in [2.24, 2.45) is 0 Å². The number of fused-ring (bicyclic) bond motifs is 1. The summed E-state index contributed by atoms with van der Waals surface area (Å²) in [4.78, 5) is 49.4. The molecule has 1 aliphatic rings. The Labute approximate surface area is 173 Å². The molecule has 8 heteroatoms. The van der Waals surface area contributed by atoms with Crippen molar-refractivity contribution in [1.82, 2.24) is 15.5 Å². The molecule has 0 spiro atoms. The van der Waals surface area contributed by atoms with Gasteiger partial charge >= 0.3 is 0 Å². The minimum atomic E-state index is -0.382. The summed E-state index contributed by atoms with van der Waals surface area (Å²) in [5.74, 6) is -1.22. The zero-order valence-corrected chi connectivity index (χ0v) is 16.4. The van der Waals surface area contributed by atoms with Gasteiger partial charge in [-0.05, 0) is 29.8 Å². The van der Waals surface area contributed by atoms with E-state index in [9.17, 15) is 19.2 Å². The molecule has 1 heterocycles. The van der Waals surface area contributed by atoms with Gasteiger partial charge in [0.05, 0.1) is 17.5 Å². The molecule has 0 aliphatic carbocycles. The molecule has 0 unspecified atom stereocenters. The van der Waals surface area contributed by atoms with Gasteiger partial charge in [0.25, 0.3) is 11.8 Å². The molecule has 0 bridgehead atoms. The summed E-state index contributed by atoms with van der Waals surface area (Å²) in [6.45, 7) is 0.555. The third-order valence-corrected chi connectivity index (χ3v) is 4.74. The van der Waals surface area contributed by atoms with Crippen LogP contribution in [0, 0.1) is 0 Å². The summed E-state index contributed by atoms with van der Waals surface area (Å²) in [7, 11) is 0. The fourth-order valence-electron chi connectivity index (χ4n) is 3.00. The Bertz CT molecular complexity index is 908. The first-order valence-corrected chi connectivity index (χ1v) is 9.56. The lowest BCUT2D eigenvalue weighted by molar-refractivity contribution is -0.122. The Hall–Kier alpha value is -3.19. The first-order chi connectivity index (χ1) is 14.0. The predicted molar refractivity (Wildman–Crippen MR) is 108 cm³/mol. The van der Waals surface area contributed by atoms with E-state index in [0.717, 1.165) is 10.5 Å². The molecule has 0 radical (unpaired) electrons. The molecule has 4 amide bonds. The Balaban J connectivity index is 1.34. The molecule has 150 valence electrons. The maximum atomic E-state index is 12.2. The Morgan fingerprint density at radius 2 is 1.38 bits per heavy atom. The largest absolute Gasteiger partial charge is 0.354 e. The minimum Gasteiger partial charge on any atom is -0.354 e. The van der Waals surface area contributed by atoms with Crippen LogP contribution in [-0.2, 0) is 16.0 Å². The van der Waals surface area contributed by atoms with E-state index in [2.05, 4.69) is 10.6 Å². The van der Waals surface area contributed by atoms with Gasteiger partial charge in [0.15, 0.2) is 0 Å². The number of nitrogens with one attached hydrogen (secondary N) is 2. The highest BCUT2D eigenvalue weighted by molar-refractivity contribution is 6.30. The highest BCUT2D eigenvalue weighted by atomic mass is 35.5. The molecule has 0 saturated heterocycles. The molecular weight excluding hydrogens is 394 g/mol. The van der Waals surface area contributed by atoms with Gasteiger partial charge in [-0.25, -0.2) is 0 Å². The zero-order valence-electron chi connectivity index (χ0n) is 15.6. The van der Waals surface area contributed by atoms with Crippen molar-refractivity contribution >= 4 is 35.2 Å². The van der Waals surface area contributed by atoms with Crippen molar-refractivity contribution in [1.29, 1.82) is 0 Å². The number of nitrogens with zero attached hydrogens (tertiary/aromatic N) is 1. The molecule has 0 fully saturated rings. The number of rotatable bonds is 8. The van der Waals surface area contributed by atoms with E-state index in [-0.39, 0.29) is 56.1 Å². The molecule has 3 rings (SSSR count). The van der Waals surface area contributed by atoms with Gasteiger partial charge in [-0.2, -0.15) is 0 Å². The molecule has 2 N–H and O–H groups in total. The lowest BCUT2D eigenvalue weighted by atomic mass is 10.1. The van der Waals surface area contributed by atoms with Crippen molar-refractivity contribution in [3.63, 3.8) is 0 Å². The summed E-state index contributed by atoms with van der Waals surface area (Å²) < 4.78 is 0. The van der Waals surface area contributed by atoms with Gasteiger partial charge in [0.1, 0.15) is 0 Å². The van der Waals surface area contributed by atoms with Crippen molar-refractivity contribution in [3.8, 4) is 0 Å². The van der Waals surface area contributed by atoms with Crippen LogP contribution in [0.15, 0.2) is 48.5 Å². The zero-order chi connectivity index (χ0) is 20.8. The van der Waals surface area contributed by atoms with Crippen LogP contribution in [0.1, 0.15) is 32.7 Å². The molecule has 1 aliphatic heterocycles. The standard InChI is InChI=1S/C21H20ClN3O4/c22-15-7-5-14(6-8-15)13-19(27)24-11-10-23-18(26)9-12-25-20(28)16-3-1-2-4-17(16)21(25)29/h1-8H,9-13H2,(H,23,26)(H,24,27). The third kappa shape index (κ3) is 5.20. The van der Waals surface area contributed by atoms with Gasteiger partial charge in [-0.3, -0.25) is 24.1 Å². The predicted octanol–water partition coefficient (Wildman–Crippen LogP) is 1.80. The average molecular weight is 414 g/mol. The highest BCUT2D eigenvalue weighted by Gasteiger charge is 2.34. The minimum absolute atomic E-state index is 0.00416. The van der Waals surface area contributed by atoms with Gasteiger partial charge in [0.2, 0.25) is 11.8 Å². The van der Waals surface area contributed by atoms with Crippen molar-refractivity contribution < 1.29 is 19.2 Å². The van der Waals surface area contributed by atoms with Crippen LogP contribution >= 0.6 is 11.6 Å². The smallest absolute Gasteiger partial charge is 0.261 e. The van der Waals surface area contributed by atoms with Crippen molar-refractivity contribution in [3.05, 3.63) is 70.2 Å². The monoisotopic (exact) mass is 413 g/mol. The van der Waals surface area contributed by atoms with Gasteiger partial charge < -0.3 is 10.6 Å². The van der Waals surface area contributed by atoms with Crippen LogP contribution in [0.3, 0.4) is 0 Å². The number of hydrogen-bond donors (Lipinski definition) is 2. The van der Waals surface area contributed by atoms with E-state index >= 15 is 0 Å². The molecular formula is C21H20ClN3O4. The Morgan fingerprint density at radius 3 is 1.97 bits per heavy atom. The number of hydrogen-bond acceptors (Lipinski definition) is 4. The van der Waals surface area contributed by atoms with E-state index in [1.807, 2.05) is 0 Å². The van der Waals surface area contributed by atoms with Crippen LogP contribution in [0.5, 0.6) is 0 Å². The second-order valence-electron chi connectivity index (χ2n) is 6.56. The van der Waals surface area contributed by atoms with Crippen molar-refractivity contribution in [2.75, 3.05) is 19.6 Å². The average Bonchev–Trinajstić information content (AvgIpc) is 2.96. The SMILES string of the molecule is O=C(CCN1C(=O)c2ccccc2C1=O)NCCNC(=O)Cc1ccc(Cl)cc1. The molecule has 0 aromatic heterocycles. The van der Waals surface area contributed by atoms with E-state index in [0.29, 0.717) is 16.1 Å². The van der Waals surface area contributed by atoms with Crippen LogP contribution in [0.25, 0.3) is 0 Å². The highest BCUT2D eigenvalue weighted by Crippen LogP contribution is 2.22. The normalized spacial score (nSPS) is 12.7. The lowest BCUT2D eigenvalue weighted by Crippen LogP contribution is -2.38. The Morgan fingerprint density at radius 1 is 0.828 bits per heavy atom. The molecule has 2 aromatic carbocycles. The first-order valence-electron chi connectivity index (χ1n) is 9.19. The van der Waals surface area contributed by atoms with Crippen LogP contribution < -0.4 is 10.6 Å². The van der Waals surface area contributed by atoms with Crippen molar-refractivity contribution in [2.45, 2.75) is 12.8 Å². The number of benzene rings is 2. The quantitative estimate of drug-likeness (QED) is 0.509. The lowest BCUT2D eigenvalue weighted by Gasteiger charge is -2.13. The Kier molecular flexibility index (Phi) is 6.61. The van der Waals surface area contributed by atoms with E-state index < -0.39 is 0 Å². The second kappa shape index (κ2) is 9.34. The number of halogens is 1. The maximum Gasteiger partial charge on any atom is 0.261 e. The topological polar surface area (TPSA) is 95.6 Å². The van der Waals surface area contributed by atoms with Gasteiger partial charge in [-0.1, -0.05) is 35.9 Å². The summed E-state index contributed by atoms with van der Waals surface area (Å²) in [5.41, 5.74) is 1.57. The molecule has 0 atom stereocenters. The molecule has 0 saturated carbocycles. The van der Waals surface area contributed by atoms with E-state index in [1.165, 1.54) is 0 Å². The summed E-state index contributed by atoms with van der Waals surface area (Å²) in [5, 5.41) is 5.99. The first kappa shape index (κ1) is 20.5. The number of amides is 4. The summed E-state index contributed by atoms with van der Waals surface area (Å²) in [6, 6.07) is 13.6. The fraction of sp³-hybridized carbons (Fsp3) is 0.238. The molecule has 29 heavy (non-hydrogen) atoms. The van der Waals surface area contributed by atoms with E-state index in [1.54, 1.807) is 48.5 Å². The summed E-state index contributed by atoms with van der Waals surface area (Å²) in [6.07, 6.45) is 0.231. The van der Waals surface area contributed by atoms with E-state index in [4.69, 9.17) is 11.6 Å². The maximum absolute atomic E-state index is 12.2. The number of imide groups is 1. The van der Waals surface area contributed by atoms with Gasteiger partial charge in [0, 0.05) is 31.1 Å². The van der Waals surface area contributed by atoms with Gasteiger partial charge in [-0.15, -0.1) is 0 Å². The molecule has 2 aromatic rings. The third-order valence-electron chi connectivity index (χ3n) is 4.49. The fourth-order valence-corrected chi connectivity index (χ4v) is 3.12. The number of carbonyl (C=O) groups excluding carboxylic acids is 4. The summed E-state index contributed by atoms with van der Waals surface area (Å²) >= 11 is 5.81. The van der Waals surface area contributed by atoms with Crippen LogP contribution in [0.2, 0.25) is 5.02 Å². The number of carbonyl (C=O) groups is 4. The van der Waals surface area contributed by atoms with Crippen LogP contribution in [0.4, 0.5) is 0 Å².